The largest absolute Gasteiger partial charge is 0.469 e. The SMILES string of the molecule is COC(=O)C1CCN(C(=O)COC(=O)c2ccc3c(c2)NC(=O)CS3)CC1. The highest BCUT2D eigenvalue weighted by Crippen LogP contribution is 2.32. The van der Waals surface area contributed by atoms with E-state index in [4.69, 9.17) is 9.47 Å². The fourth-order valence-corrected chi connectivity index (χ4v) is 3.83. The van der Waals surface area contributed by atoms with Gasteiger partial charge in [-0.15, -0.1) is 11.8 Å². The first-order valence-electron chi connectivity index (χ1n) is 8.57. The second kappa shape index (κ2) is 8.43. The number of anilines is 1. The molecule has 1 N–H and O–H groups in total. The Morgan fingerprint density at radius 2 is 2.00 bits per heavy atom. The number of amides is 2. The maximum atomic E-state index is 12.2. The van der Waals surface area contributed by atoms with E-state index >= 15 is 0 Å². The summed E-state index contributed by atoms with van der Waals surface area (Å²) >= 11 is 1.40. The van der Waals surface area contributed by atoms with Gasteiger partial charge in [0.25, 0.3) is 5.91 Å². The van der Waals surface area contributed by atoms with Crippen molar-refractivity contribution in [2.75, 3.05) is 37.9 Å². The number of hydrogen-bond donors (Lipinski definition) is 1. The van der Waals surface area contributed by atoms with Gasteiger partial charge in [0.05, 0.1) is 30.0 Å². The van der Waals surface area contributed by atoms with E-state index in [-0.39, 0.29) is 35.9 Å². The first kappa shape index (κ1) is 19.2. The number of piperidine rings is 1. The van der Waals surface area contributed by atoms with Gasteiger partial charge in [0.15, 0.2) is 6.61 Å². The summed E-state index contributed by atoms with van der Waals surface area (Å²) in [7, 11) is 1.35. The van der Waals surface area contributed by atoms with Crippen LogP contribution in [0, 0.1) is 5.92 Å². The third-order valence-corrected chi connectivity index (χ3v) is 5.63. The van der Waals surface area contributed by atoms with Crippen LogP contribution in [0.1, 0.15) is 23.2 Å². The Hall–Kier alpha value is -2.55. The second-order valence-electron chi connectivity index (χ2n) is 6.30. The van der Waals surface area contributed by atoms with Crippen molar-refractivity contribution in [2.24, 2.45) is 5.92 Å². The molecule has 1 aromatic carbocycles. The molecule has 8 nitrogen and oxygen atoms in total. The molecule has 0 aliphatic carbocycles. The van der Waals surface area contributed by atoms with Gasteiger partial charge in [0.1, 0.15) is 0 Å². The molecular weight excluding hydrogens is 372 g/mol. The van der Waals surface area contributed by atoms with Crippen molar-refractivity contribution in [1.29, 1.82) is 0 Å². The lowest BCUT2D eigenvalue weighted by atomic mass is 9.97. The maximum Gasteiger partial charge on any atom is 0.338 e. The number of hydrogen-bond acceptors (Lipinski definition) is 7. The van der Waals surface area contributed by atoms with Crippen molar-refractivity contribution < 1.29 is 28.7 Å². The van der Waals surface area contributed by atoms with Crippen LogP contribution in [0.3, 0.4) is 0 Å². The number of rotatable bonds is 4. The highest BCUT2D eigenvalue weighted by Gasteiger charge is 2.28. The quantitative estimate of drug-likeness (QED) is 0.771. The number of esters is 2. The molecule has 1 fully saturated rings. The lowest BCUT2D eigenvalue weighted by molar-refractivity contribution is -0.149. The number of ether oxygens (including phenoxy) is 2. The second-order valence-corrected chi connectivity index (χ2v) is 7.32. The molecule has 1 saturated heterocycles. The minimum absolute atomic E-state index is 0.122. The summed E-state index contributed by atoms with van der Waals surface area (Å²) in [4.78, 5) is 49.9. The first-order valence-corrected chi connectivity index (χ1v) is 9.56. The van der Waals surface area contributed by atoms with Crippen molar-refractivity contribution in [3.05, 3.63) is 23.8 Å². The van der Waals surface area contributed by atoms with Gasteiger partial charge in [-0.3, -0.25) is 14.4 Å². The number of fused-ring (bicyclic) bond motifs is 1. The predicted molar refractivity (Wildman–Crippen MR) is 97.4 cm³/mol. The topological polar surface area (TPSA) is 102 Å². The van der Waals surface area contributed by atoms with Crippen LogP contribution in [-0.2, 0) is 23.9 Å². The number of carbonyl (C=O) groups excluding carboxylic acids is 4. The summed E-state index contributed by atoms with van der Waals surface area (Å²) in [5.41, 5.74) is 0.843. The van der Waals surface area contributed by atoms with Gasteiger partial charge < -0.3 is 19.7 Å². The zero-order valence-electron chi connectivity index (χ0n) is 14.9. The fourth-order valence-electron chi connectivity index (χ4n) is 3.04. The number of methoxy groups -OCH3 is 1. The molecule has 3 rings (SSSR count). The van der Waals surface area contributed by atoms with Gasteiger partial charge in [-0.25, -0.2) is 4.79 Å². The molecule has 9 heteroatoms. The number of likely N-dealkylation sites (tertiary alicyclic amines) is 1. The Labute approximate surface area is 160 Å². The average Bonchev–Trinajstić information content (AvgIpc) is 2.70. The smallest absolute Gasteiger partial charge is 0.338 e. The highest BCUT2D eigenvalue weighted by molar-refractivity contribution is 8.00. The first-order chi connectivity index (χ1) is 13.0. The van der Waals surface area contributed by atoms with Gasteiger partial charge in [-0.05, 0) is 31.0 Å². The van der Waals surface area contributed by atoms with Crippen LogP contribution in [0.2, 0.25) is 0 Å². The fraction of sp³-hybridized carbons (Fsp3) is 0.444. The molecule has 0 atom stereocenters. The minimum atomic E-state index is -0.625. The third-order valence-electron chi connectivity index (χ3n) is 4.56. The zero-order chi connectivity index (χ0) is 19.4. The van der Waals surface area contributed by atoms with Crippen LogP contribution in [0.5, 0.6) is 0 Å². The Bertz CT molecular complexity index is 773. The van der Waals surface area contributed by atoms with E-state index in [2.05, 4.69) is 5.32 Å². The molecule has 0 unspecified atom stereocenters. The summed E-state index contributed by atoms with van der Waals surface area (Å²) in [5.74, 6) is -1.15. The molecule has 27 heavy (non-hydrogen) atoms. The van der Waals surface area contributed by atoms with Crippen molar-refractivity contribution in [2.45, 2.75) is 17.7 Å². The Balaban J connectivity index is 1.51. The van der Waals surface area contributed by atoms with Crippen LogP contribution >= 0.6 is 11.8 Å². The summed E-state index contributed by atoms with van der Waals surface area (Å²) in [6.45, 7) is 0.496. The van der Waals surface area contributed by atoms with E-state index in [0.717, 1.165) is 4.90 Å². The summed E-state index contributed by atoms with van der Waals surface area (Å²) in [6.07, 6.45) is 1.07. The number of carbonyl (C=O) groups is 4. The van der Waals surface area contributed by atoms with Crippen LogP contribution in [0.4, 0.5) is 5.69 Å². The number of benzene rings is 1. The molecular formula is C18H20N2O6S. The van der Waals surface area contributed by atoms with Crippen LogP contribution in [-0.4, -0.2) is 61.2 Å². The molecule has 2 amide bonds. The standard InChI is InChI=1S/C18H20N2O6S/c1-25-17(23)11-4-6-20(7-5-11)16(22)9-26-18(24)12-2-3-14-13(8-12)19-15(21)10-27-14/h2-3,8,11H,4-7,9-10H2,1H3,(H,19,21). The van der Waals surface area contributed by atoms with Crippen LogP contribution < -0.4 is 5.32 Å². The highest BCUT2D eigenvalue weighted by atomic mass is 32.2. The van der Waals surface area contributed by atoms with Gasteiger partial charge in [-0.2, -0.15) is 0 Å². The number of thioether (sulfide) groups is 1. The van der Waals surface area contributed by atoms with E-state index in [9.17, 15) is 19.2 Å². The molecule has 2 heterocycles. The molecule has 0 bridgehead atoms. The summed E-state index contributed by atoms with van der Waals surface area (Å²) in [5, 5.41) is 2.71. The lowest BCUT2D eigenvalue weighted by Crippen LogP contribution is -2.42. The molecule has 1 aromatic rings. The van der Waals surface area contributed by atoms with Crippen LogP contribution in [0.25, 0.3) is 0 Å². The minimum Gasteiger partial charge on any atom is -0.469 e. The van der Waals surface area contributed by atoms with Crippen molar-refractivity contribution >= 4 is 41.2 Å². The molecule has 2 aliphatic heterocycles. The van der Waals surface area contributed by atoms with Gasteiger partial charge in [0.2, 0.25) is 5.91 Å². The average molecular weight is 392 g/mol. The Morgan fingerprint density at radius 1 is 1.26 bits per heavy atom. The number of nitrogens with zero attached hydrogens (tertiary/aromatic N) is 1. The van der Waals surface area contributed by atoms with Crippen molar-refractivity contribution in [3.63, 3.8) is 0 Å². The summed E-state index contributed by atoms with van der Waals surface area (Å²) in [6, 6.07) is 4.90. The van der Waals surface area contributed by atoms with Gasteiger partial charge in [0, 0.05) is 18.0 Å². The monoisotopic (exact) mass is 392 g/mol. The van der Waals surface area contributed by atoms with Gasteiger partial charge in [-0.1, -0.05) is 0 Å². The summed E-state index contributed by atoms with van der Waals surface area (Å²) < 4.78 is 9.84. The Kier molecular flexibility index (Phi) is 6.00. The van der Waals surface area contributed by atoms with Crippen LogP contribution in [0.15, 0.2) is 23.1 Å². The zero-order valence-corrected chi connectivity index (χ0v) is 15.7. The van der Waals surface area contributed by atoms with E-state index in [1.165, 1.54) is 18.9 Å². The normalized spacial score (nSPS) is 16.9. The molecule has 2 aliphatic rings. The number of nitrogens with one attached hydrogen (secondary N) is 1. The molecule has 0 aromatic heterocycles. The van der Waals surface area contributed by atoms with Crippen molar-refractivity contribution in [3.8, 4) is 0 Å². The lowest BCUT2D eigenvalue weighted by Gasteiger charge is -2.30. The predicted octanol–water partition coefficient (Wildman–Crippen LogP) is 1.30. The van der Waals surface area contributed by atoms with E-state index < -0.39 is 5.97 Å². The van der Waals surface area contributed by atoms with Gasteiger partial charge >= 0.3 is 11.9 Å². The molecule has 0 spiro atoms. The molecule has 144 valence electrons. The van der Waals surface area contributed by atoms with E-state index in [1.54, 1.807) is 23.1 Å². The Morgan fingerprint density at radius 3 is 2.70 bits per heavy atom. The third kappa shape index (κ3) is 4.60. The maximum absolute atomic E-state index is 12.2. The van der Waals surface area contributed by atoms with Crippen molar-refractivity contribution in [1.82, 2.24) is 4.90 Å². The van der Waals surface area contributed by atoms with E-state index in [1.807, 2.05) is 0 Å². The molecule has 0 radical (unpaired) electrons. The molecule has 0 saturated carbocycles. The van der Waals surface area contributed by atoms with E-state index in [0.29, 0.717) is 37.4 Å².